The molecule has 0 spiro atoms. The Labute approximate surface area is 144 Å². The molecule has 1 fully saturated rings. The van der Waals surface area contributed by atoms with Crippen LogP contribution in [0.25, 0.3) is 0 Å². The summed E-state index contributed by atoms with van der Waals surface area (Å²) in [5.74, 6) is -0.398. The molecule has 6 heteroatoms. The van der Waals surface area contributed by atoms with E-state index in [2.05, 4.69) is 24.2 Å². The van der Waals surface area contributed by atoms with Crippen molar-refractivity contribution in [1.82, 2.24) is 15.1 Å². The number of hydrogen-bond acceptors (Lipinski definition) is 3. The van der Waals surface area contributed by atoms with Crippen molar-refractivity contribution in [1.29, 1.82) is 0 Å². The number of nitrogens with one attached hydrogen (secondary N) is 1. The summed E-state index contributed by atoms with van der Waals surface area (Å²) in [7, 11) is 2.10. The standard InChI is InChI=1S/C18H28N4O2/c1-18(9-11-21(2)14-18)13-20-17(24)22(10-8-16(19)23)12-15-6-4-3-5-7-15/h3-7H,8-14H2,1-2H3,(H2,19,23)(H,20,24). The van der Waals surface area contributed by atoms with Crippen molar-refractivity contribution in [3.63, 3.8) is 0 Å². The number of urea groups is 1. The topological polar surface area (TPSA) is 78.7 Å². The van der Waals surface area contributed by atoms with Gasteiger partial charge >= 0.3 is 6.03 Å². The predicted molar refractivity (Wildman–Crippen MR) is 94.3 cm³/mol. The zero-order chi connectivity index (χ0) is 17.6. The van der Waals surface area contributed by atoms with Crippen LogP contribution in [0.4, 0.5) is 4.79 Å². The summed E-state index contributed by atoms with van der Waals surface area (Å²) < 4.78 is 0. The summed E-state index contributed by atoms with van der Waals surface area (Å²) in [5, 5.41) is 3.04. The Hall–Kier alpha value is -2.08. The molecular weight excluding hydrogens is 304 g/mol. The molecule has 1 heterocycles. The number of nitrogens with zero attached hydrogens (tertiary/aromatic N) is 2. The number of hydrogen-bond donors (Lipinski definition) is 2. The van der Waals surface area contributed by atoms with Crippen molar-refractivity contribution in [2.75, 3.05) is 33.2 Å². The summed E-state index contributed by atoms with van der Waals surface area (Å²) in [4.78, 5) is 27.6. The second-order valence-electron chi connectivity index (χ2n) is 7.08. The average Bonchev–Trinajstić information content (AvgIpc) is 2.89. The molecule has 1 aromatic carbocycles. The van der Waals surface area contributed by atoms with Gasteiger partial charge in [0, 0.05) is 32.6 Å². The van der Waals surface area contributed by atoms with Crippen molar-refractivity contribution < 1.29 is 9.59 Å². The molecule has 6 nitrogen and oxygen atoms in total. The van der Waals surface area contributed by atoms with Gasteiger partial charge < -0.3 is 20.9 Å². The van der Waals surface area contributed by atoms with Crippen molar-refractivity contribution in [2.24, 2.45) is 11.1 Å². The van der Waals surface area contributed by atoms with Crippen LogP contribution >= 0.6 is 0 Å². The number of carbonyl (C=O) groups is 2. The van der Waals surface area contributed by atoms with Gasteiger partial charge in [0.05, 0.1) is 0 Å². The van der Waals surface area contributed by atoms with Crippen LogP contribution in [0.15, 0.2) is 30.3 Å². The lowest BCUT2D eigenvalue weighted by Gasteiger charge is -2.28. The van der Waals surface area contributed by atoms with Gasteiger partial charge in [-0.1, -0.05) is 37.3 Å². The maximum Gasteiger partial charge on any atom is 0.317 e. The number of amides is 3. The van der Waals surface area contributed by atoms with E-state index in [9.17, 15) is 9.59 Å². The highest BCUT2D eigenvalue weighted by Crippen LogP contribution is 2.27. The van der Waals surface area contributed by atoms with E-state index in [1.807, 2.05) is 30.3 Å². The second kappa shape index (κ2) is 8.15. The molecule has 1 saturated heterocycles. The van der Waals surface area contributed by atoms with Gasteiger partial charge in [-0.2, -0.15) is 0 Å². The van der Waals surface area contributed by atoms with E-state index in [0.717, 1.165) is 25.1 Å². The minimum absolute atomic E-state index is 0.104. The molecule has 2 rings (SSSR count). The fourth-order valence-electron chi connectivity index (χ4n) is 3.12. The Morgan fingerprint density at radius 3 is 2.62 bits per heavy atom. The van der Waals surface area contributed by atoms with Crippen molar-refractivity contribution in [2.45, 2.75) is 26.3 Å². The third kappa shape index (κ3) is 5.53. The number of carbonyl (C=O) groups excluding carboxylic acids is 2. The monoisotopic (exact) mass is 332 g/mol. The highest BCUT2D eigenvalue weighted by atomic mass is 16.2. The molecule has 0 aliphatic carbocycles. The number of primary amides is 1. The Bertz CT molecular complexity index is 563. The molecule has 1 aromatic rings. The SMILES string of the molecule is CN1CCC(C)(CNC(=O)N(CCC(N)=O)Cc2ccccc2)C1. The molecule has 1 aliphatic rings. The van der Waals surface area contributed by atoms with Gasteiger partial charge in [-0.05, 0) is 31.0 Å². The van der Waals surface area contributed by atoms with Crippen LogP contribution in [0.2, 0.25) is 0 Å². The first kappa shape index (κ1) is 18.3. The Morgan fingerprint density at radius 2 is 2.04 bits per heavy atom. The lowest BCUT2D eigenvalue weighted by atomic mass is 9.90. The molecule has 3 N–H and O–H groups in total. The molecule has 1 atom stereocenters. The zero-order valence-electron chi connectivity index (χ0n) is 14.6. The van der Waals surface area contributed by atoms with Crippen molar-refractivity contribution in [3.05, 3.63) is 35.9 Å². The summed E-state index contributed by atoms with van der Waals surface area (Å²) in [6, 6.07) is 9.62. The van der Waals surface area contributed by atoms with Crippen LogP contribution < -0.4 is 11.1 Å². The van der Waals surface area contributed by atoms with Crippen LogP contribution in [-0.4, -0.2) is 55.0 Å². The lowest BCUT2D eigenvalue weighted by molar-refractivity contribution is -0.118. The summed E-state index contributed by atoms with van der Waals surface area (Å²) in [5.41, 5.74) is 6.38. The number of nitrogens with two attached hydrogens (primary N) is 1. The molecule has 1 unspecified atom stereocenters. The van der Waals surface area contributed by atoms with Crippen LogP contribution in [0.3, 0.4) is 0 Å². The number of rotatable bonds is 7. The van der Waals surface area contributed by atoms with Crippen LogP contribution in [-0.2, 0) is 11.3 Å². The van der Waals surface area contributed by atoms with E-state index in [-0.39, 0.29) is 17.9 Å². The summed E-state index contributed by atoms with van der Waals surface area (Å²) >= 11 is 0. The predicted octanol–water partition coefficient (Wildman–Crippen LogP) is 1.42. The summed E-state index contributed by atoms with van der Waals surface area (Å²) in [6.45, 7) is 5.66. The Morgan fingerprint density at radius 1 is 1.33 bits per heavy atom. The van der Waals surface area contributed by atoms with Crippen LogP contribution in [0.5, 0.6) is 0 Å². The van der Waals surface area contributed by atoms with Gasteiger partial charge in [0.2, 0.25) is 5.91 Å². The molecule has 0 radical (unpaired) electrons. The molecule has 132 valence electrons. The van der Waals surface area contributed by atoms with Crippen LogP contribution in [0, 0.1) is 5.41 Å². The van der Waals surface area contributed by atoms with Gasteiger partial charge in [0.1, 0.15) is 0 Å². The largest absolute Gasteiger partial charge is 0.370 e. The van der Waals surface area contributed by atoms with E-state index in [1.54, 1.807) is 4.90 Å². The number of benzene rings is 1. The lowest BCUT2D eigenvalue weighted by Crippen LogP contribution is -2.45. The first-order valence-electron chi connectivity index (χ1n) is 8.41. The third-order valence-corrected chi connectivity index (χ3v) is 4.55. The van der Waals surface area contributed by atoms with Gasteiger partial charge in [-0.25, -0.2) is 4.79 Å². The van der Waals surface area contributed by atoms with Gasteiger partial charge in [-0.15, -0.1) is 0 Å². The maximum atomic E-state index is 12.6. The fraction of sp³-hybridized carbons (Fsp3) is 0.556. The first-order valence-corrected chi connectivity index (χ1v) is 8.41. The van der Waals surface area contributed by atoms with Crippen molar-refractivity contribution in [3.8, 4) is 0 Å². The van der Waals surface area contributed by atoms with E-state index >= 15 is 0 Å². The van der Waals surface area contributed by atoms with Crippen molar-refractivity contribution >= 4 is 11.9 Å². The minimum atomic E-state index is -0.398. The molecule has 1 aliphatic heterocycles. The maximum absolute atomic E-state index is 12.6. The van der Waals surface area contributed by atoms with Gasteiger partial charge in [-0.3, -0.25) is 4.79 Å². The Kier molecular flexibility index (Phi) is 6.20. The second-order valence-corrected chi connectivity index (χ2v) is 7.08. The molecule has 3 amide bonds. The highest BCUT2D eigenvalue weighted by molar-refractivity contribution is 5.77. The van der Waals surface area contributed by atoms with Gasteiger partial charge in [0.15, 0.2) is 0 Å². The van der Waals surface area contributed by atoms with E-state index in [0.29, 0.717) is 19.6 Å². The molecule has 0 bridgehead atoms. The molecule has 0 aromatic heterocycles. The third-order valence-electron chi connectivity index (χ3n) is 4.55. The fourth-order valence-corrected chi connectivity index (χ4v) is 3.12. The van der Waals surface area contributed by atoms with E-state index in [4.69, 9.17) is 5.73 Å². The van der Waals surface area contributed by atoms with Gasteiger partial charge in [0.25, 0.3) is 0 Å². The smallest absolute Gasteiger partial charge is 0.317 e. The quantitative estimate of drug-likeness (QED) is 0.792. The molecule has 24 heavy (non-hydrogen) atoms. The molecular formula is C18H28N4O2. The van der Waals surface area contributed by atoms with E-state index < -0.39 is 5.91 Å². The molecule has 0 saturated carbocycles. The zero-order valence-corrected chi connectivity index (χ0v) is 14.6. The normalized spacial score (nSPS) is 20.8. The average molecular weight is 332 g/mol. The highest BCUT2D eigenvalue weighted by Gasteiger charge is 2.32. The first-order chi connectivity index (χ1) is 11.4. The van der Waals surface area contributed by atoms with Crippen LogP contribution in [0.1, 0.15) is 25.3 Å². The number of likely N-dealkylation sites (tertiary alicyclic amines) is 1. The summed E-state index contributed by atoms with van der Waals surface area (Å²) in [6.07, 6.45) is 1.24. The minimum Gasteiger partial charge on any atom is -0.370 e. The van der Waals surface area contributed by atoms with E-state index in [1.165, 1.54) is 0 Å². The Balaban J connectivity index is 1.94.